The van der Waals surface area contributed by atoms with Crippen molar-refractivity contribution in [2.75, 3.05) is 18.0 Å². The average molecular weight is 205 g/mol. The van der Waals surface area contributed by atoms with Gasteiger partial charge in [-0.05, 0) is 25.0 Å². The monoisotopic (exact) mass is 205 g/mol. The van der Waals surface area contributed by atoms with Crippen molar-refractivity contribution in [1.82, 2.24) is 19.8 Å². The Kier molecular flexibility index (Phi) is 1.74. The van der Waals surface area contributed by atoms with Crippen molar-refractivity contribution < 1.29 is 0 Å². The fourth-order valence-electron chi connectivity index (χ4n) is 1.91. The summed E-state index contributed by atoms with van der Waals surface area (Å²) in [6.07, 6.45) is 2.39. The van der Waals surface area contributed by atoms with Crippen LogP contribution in [0.1, 0.15) is 12.8 Å². The highest BCUT2D eigenvalue weighted by Crippen LogP contribution is 2.16. The molecule has 0 saturated carbocycles. The molecule has 0 radical (unpaired) electrons. The van der Waals surface area contributed by atoms with Crippen LogP contribution in [0.3, 0.4) is 0 Å². The summed E-state index contributed by atoms with van der Waals surface area (Å²) in [5, 5.41) is 10.5. The maximum atomic E-state index is 11.3. The first-order chi connectivity index (χ1) is 7.34. The van der Waals surface area contributed by atoms with Gasteiger partial charge in [0, 0.05) is 13.1 Å². The molecule has 0 aromatic carbocycles. The lowest BCUT2D eigenvalue weighted by atomic mass is 10.4. The fraction of sp³-hybridized carbons (Fsp3) is 0.444. The van der Waals surface area contributed by atoms with Crippen molar-refractivity contribution in [3.63, 3.8) is 0 Å². The molecule has 1 N–H and O–H groups in total. The van der Waals surface area contributed by atoms with Gasteiger partial charge in [-0.15, -0.1) is 5.10 Å². The molecular weight excluding hydrogens is 194 g/mol. The Morgan fingerprint density at radius 1 is 1.27 bits per heavy atom. The maximum Gasteiger partial charge on any atom is 0.364 e. The van der Waals surface area contributed by atoms with Crippen molar-refractivity contribution in [2.24, 2.45) is 0 Å². The third kappa shape index (κ3) is 1.29. The van der Waals surface area contributed by atoms with Crippen molar-refractivity contribution in [3.05, 3.63) is 22.6 Å². The minimum atomic E-state index is -0.286. The molecule has 6 heteroatoms. The van der Waals surface area contributed by atoms with Crippen molar-refractivity contribution in [2.45, 2.75) is 12.8 Å². The number of rotatable bonds is 1. The average Bonchev–Trinajstić information content (AvgIpc) is 2.88. The summed E-state index contributed by atoms with van der Waals surface area (Å²) >= 11 is 0. The van der Waals surface area contributed by atoms with Crippen LogP contribution in [0, 0.1) is 0 Å². The summed E-state index contributed by atoms with van der Waals surface area (Å²) in [4.78, 5) is 13.5. The minimum absolute atomic E-state index is 0.286. The Bertz CT molecular complexity index is 537. The molecule has 2 aromatic rings. The van der Waals surface area contributed by atoms with E-state index < -0.39 is 0 Å². The van der Waals surface area contributed by atoms with E-state index in [2.05, 4.69) is 20.2 Å². The van der Waals surface area contributed by atoms with E-state index in [-0.39, 0.29) is 5.69 Å². The zero-order chi connectivity index (χ0) is 10.3. The van der Waals surface area contributed by atoms with Gasteiger partial charge >= 0.3 is 5.69 Å². The Morgan fingerprint density at radius 3 is 2.87 bits per heavy atom. The van der Waals surface area contributed by atoms with Gasteiger partial charge in [0.25, 0.3) is 0 Å². The Balaban J connectivity index is 2.11. The third-order valence-corrected chi connectivity index (χ3v) is 2.69. The smallest absolute Gasteiger partial charge is 0.355 e. The molecule has 0 aliphatic carbocycles. The number of fused-ring (bicyclic) bond motifs is 1. The lowest BCUT2D eigenvalue weighted by molar-refractivity contribution is 0.833. The maximum absolute atomic E-state index is 11.3. The number of anilines is 1. The van der Waals surface area contributed by atoms with Gasteiger partial charge in [0.1, 0.15) is 5.82 Å². The minimum Gasteiger partial charge on any atom is -0.355 e. The van der Waals surface area contributed by atoms with Crippen LogP contribution < -0.4 is 10.6 Å². The molecule has 3 rings (SSSR count). The summed E-state index contributed by atoms with van der Waals surface area (Å²) in [7, 11) is 0. The first kappa shape index (κ1) is 8.46. The van der Waals surface area contributed by atoms with Crippen LogP contribution in [-0.2, 0) is 0 Å². The molecule has 1 fully saturated rings. The van der Waals surface area contributed by atoms with Crippen LogP contribution in [0.2, 0.25) is 0 Å². The van der Waals surface area contributed by atoms with Gasteiger partial charge in [-0.3, -0.25) is 0 Å². The number of hydrogen-bond acceptors (Lipinski definition) is 4. The molecule has 2 aromatic heterocycles. The Labute approximate surface area is 85.5 Å². The van der Waals surface area contributed by atoms with E-state index in [9.17, 15) is 4.79 Å². The molecule has 3 heterocycles. The molecule has 0 bridgehead atoms. The molecule has 1 aliphatic heterocycles. The normalized spacial score (nSPS) is 16.4. The van der Waals surface area contributed by atoms with Gasteiger partial charge in [-0.2, -0.15) is 9.61 Å². The van der Waals surface area contributed by atoms with Crippen LogP contribution in [0.4, 0.5) is 5.82 Å². The summed E-state index contributed by atoms with van der Waals surface area (Å²) in [6, 6.07) is 3.71. The zero-order valence-electron chi connectivity index (χ0n) is 8.18. The molecule has 0 unspecified atom stereocenters. The van der Waals surface area contributed by atoms with Crippen molar-refractivity contribution in [1.29, 1.82) is 0 Å². The Morgan fingerprint density at radius 2 is 2.07 bits per heavy atom. The van der Waals surface area contributed by atoms with Crippen LogP contribution in [-0.4, -0.2) is 32.9 Å². The highest BCUT2D eigenvalue weighted by molar-refractivity contribution is 5.45. The zero-order valence-corrected chi connectivity index (χ0v) is 8.18. The van der Waals surface area contributed by atoms with Gasteiger partial charge in [0.15, 0.2) is 5.65 Å². The summed E-state index contributed by atoms with van der Waals surface area (Å²) in [6.45, 7) is 2.04. The van der Waals surface area contributed by atoms with Crippen LogP contribution in [0.5, 0.6) is 0 Å². The molecule has 0 atom stereocenters. The lowest BCUT2D eigenvalue weighted by Gasteiger charge is -2.15. The van der Waals surface area contributed by atoms with E-state index in [1.54, 1.807) is 6.07 Å². The molecule has 6 nitrogen and oxygen atoms in total. The first-order valence-corrected chi connectivity index (χ1v) is 5.04. The molecule has 0 amide bonds. The molecule has 1 saturated heterocycles. The van der Waals surface area contributed by atoms with Crippen molar-refractivity contribution >= 4 is 11.5 Å². The lowest BCUT2D eigenvalue weighted by Crippen LogP contribution is -2.22. The highest BCUT2D eigenvalue weighted by Gasteiger charge is 2.14. The number of nitrogens with one attached hydrogen (secondary N) is 1. The number of nitrogens with zero attached hydrogens (tertiary/aromatic N) is 4. The van der Waals surface area contributed by atoms with Crippen LogP contribution in [0.25, 0.3) is 5.65 Å². The van der Waals surface area contributed by atoms with E-state index in [1.807, 2.05) is 6.07 Å². The fourth-order valence-corrected chi connectivity index (χ4v) is 1.91. The summed E-state index contributed by atoms with van der Waals surface area (Å²) in [5.41, 5.74) is 0.272. The van der Waals surface area contributed by atoms with E-state index >= 15 is 0 Å². The number of H-pyrrole nitrogens is 1. The SMILES string of the molecule is O=c1[nH]nc2ccc(N3CCCC3)nn12. The van der Waals surface area contributed by atoms with Crippen LogP contribution >= 0.6 is 0 Å². The van der Waals surface area contributed by atoms with E-state index in [0.717, 1.165) is 18.9 Å². The van der Waals surface area contributed by atoms with Gasteiger partial charge in [-0.1, -0.05) is 0 Å². The second-order valence-electron chi connectivity index (χ2n) is 3.68. The largest absolute Gasteiger partial charge is 0.364 e. The van der Waals surface area contributed by atoms with Crippen LogP contribution in [0.15, 0.2) is 16.9 Å². The third-order valence-electron chi connectivity index (χ3n) is 2.69. The predicted molar refractivity (Wildman–Crippen MR) is 55.1 cm³/mol. The number of aromatic nitrogens is 4. The van der Waals surface area contributed by atoms with Gasteiger partial charge in [0.2, 0.25) is 0 Å². The van der Waals surface area contributed by atoms with E-state index in [4.69, 9.17) is 0 Å². The predicted octanol–water partition coefficient (Wildman–Crippen LogP) is 0.0178. The standard InChI is InChI=1S/C9H11N5O/c15-9-11-10-7-3-4-8(12-14(7)9)13-5-1-2-6-13/h3-4H,1-2,5-6H2,(H,11,15). The molecule has 15 heavy (non-hydrogen) atoms. The number of aromatic amines is 1. The van der Waals surface area contributed by atoms with E-state index in [0.29, 0.717) is 5.65 Å². The molecule has 0 spiro atoms. The van der Waals surface area contributed by atoms with Gasteiger partial charge < -0.3 is 4.90 Å². The highest BCUT2D eigenvalue weighted by atomic mass is 16.2. The van der Waals surface area contributed by atoms with Crippen molar-refractivity contribution in [3.8, 4) is 0 Å². The molecular formula is C9H11N5O. The van der Waals surface area contributed by atoms with Gasteiger partial charge in [0.05, 0.1) is 0 Å². The van der Waals surface area contributed by atoms with Gasteiger partial charge in [-0.25, -0.2) is 9.89 Å². The first-order valence-electron chi connectivity index (χ1n) is 5.04. The second-order valence-corrected chi connectivity index (χ2v) is 3.68. The quantitative estimate of drug-likeness (QED) is 0.712. The molecule has 1 aliphatic rings. The topological polar surface area (TPSA) is 66.3 Å². The van der Waals surface area contributed by atoms with E-state index in [1.165, 1.54) is 17.4 Å². The summed E-state index contributed by atoms with van der Waals surface area (Å²) < 4.78 is 1.30. The second kappa shape index (κ2) is 3.08. The molecule has 78 valence electrons. The Hall–Kier alpha value is -1.85. The number of hydrogen-bond donors (Lipinski definition) is 1. The summed E-state index contributed by atoms with van der Waals surface area (Å²) in [5.74, 6) is 0.850.